The summed E-state index contributed by atoms with van der Waals surface area (Å²) in [6.07, 6.45) is 0. The average molecular weight is 429 g/mol. The van der Waals surface area contributed by atoms with Crippen molar-refractivity contribution in [3.63, 3.8) is 0 Å². The van der Waals surface area contributed by atoms with Gasteiger partial charge in [0.05, 0.1) is 0 Å². The van der Waals surface area contributed by atoms with Gasteiger partial charge in [0.15, 0.2) is 6.61 Å². The van der Waals surface area contributed by atoms with Crippen LogP contribution in [0.3, 0.4) is 0 Å². The molecule has 0 aliphatic rings. The number of halogens is 1. The summed E-state index contributed by atoms with van der Waals surface area (Å²) in [4.78, 5) is 28.0. The summed E-state index contributed by atoms with van der Waals surface area (Å²) in [5, 5.41) is 9.64. The largest absolute Gasteiger partial charge is 0.484 e. The molecule has 3 rings (SSSR count). The van der Waals surface area contributed by atoms with E-state index in [-0.39, 0.29) is 37.3 Å². The fourth-order valence-electron chi connectivity index (χ4n) is 2.49. The molecule has 9 heteroatoms. The molecule has 0 spiro atoms. The molecule has 1 aromatic heterocycles. The molecule has 156 valence electrons. The predicted octanol–water partition coefficient (Wildman–Crippen LogP) is 2.93. The van der Waals surface area contributed by atoms with E-state index in [1.807, 2.05) is 32.0 Å². The van der Waals surface area contributed by atoms with Crippen molar-refractivity contribution in [2.75, 3.05) is 19.7 Å². The normalized spacial score (nSPS) is 10.5. The summed E-state index contributed by atoms with van der Waals surface area (Å²) < 4.78 is 10.4. The van der Waals surface area contributed by atoms with Crippen molar-refractivity contribution in [3.05, 3.63) is 64.5 Å². The Hall–Kier alpha value is -3.39. The number of carbonyl (C=O) groups excluding carboxylic acids is 2. The maximum atomic E-state index is 12.1. The van der Waals surface area contributed by atoms with Crippen molar-refractivity contribution in [2.24, 2.45) is 0 Å². The number of hydrogen-bond donors (Lipinski definition) is 2. The molecule has 0 fully saturated rings. The summed E-state index contributed by atoms with van der Waals surface area (Å²) in [5.74, 6) is -0.0546. The van der Waals surface area contributed by atoms with E-state index in [0.717, 1.165) is 11.1 Å². The van der Waals surface area contributed by atoms with E-state index >= 15 is 0 Å². The van der Waals surface area contributed by atoms with Crippen molar-refractivity contribution >= 4 is 23.4 Å². The lowest BCUT2D eigenvalue weighted by molar-refractivity contribution is -0.123. The molecule has 0 radical (unpaired) electrons. The van der Waals surface area contributed by atoms with E-state index < -0.39 is 5.91 Å². The van der Waals surface area contributed by atoms with Gasteiger partial charge in [0.25, 0.3) is 5.91 Å². The summed E-state index contributed by atoms with van der Waals surface area (Å²) >= 11 is 5.84. The number of hydrogen-bond acceptors (Lipinski definition) is 6. The lowest BCUT2D eigenvalue weighted by Gasteiger charge is -2.09. The number of nitrogens with zero attached hydrogens (tertiary/aromatic N) is 2. The molecule has 1 heterocycles. The molecular formula is C21H21ClN4O4. The number of nitrogens with one attached hydrogen (secondary N) is 2. The zero-order valence-corrected chi connectivity index (χ0v) is 17.3. The first-order valence-electron chi connectivity index (χ1n) is 9.27. The number of amides is 2. The quantitative estimate of drug-likeness (QED) is 0.534. The number of benzene rings is 2. The van der Waals surface area contributed by atoms with Gasteiger partial charge in [-0.3, -0.25) is 9.59 Å². The van der Waals surface area contributed by atoms with Gasteiger partial charge < -0.3 is 19.9 Å². The lowest BCUT2D eigenvalue weighted by atomic mass is 10.1. The van der Waals surface area contributed by atoms with E-state index in [9.17, 15) is 9.59 Å². The van der Waals surface area contributed by atoms with Gasteiger partial charge in [-0.1, -0.05) is 22.8 Å². The van der Waals surface area contributed by atoms with Crippen LogP contribution < -0.4 is 15.4 Å². The van der Waals surface area contributed by atoms with E-state index in [1.165, 1.54) is 0 Å². The number of carbonyl (C=O) groups is 2. The Morgan fingerprint density at radius 1 is 1.03 bits per heavy atom. The zero-order valence-electron chi connectivity index (χ0n) is 16.6. The lowest BCUT2D eigenvalue weighted by Crippen LogP contribution is -2.36. The summed E-state index contributed by atoms with van der Waals surface area (Å²) in [6.45, 7) is 4.32. The van der Waals surface area contributed by atoms with Gasteiger partial charge in [0.1, 0.15) is 5.75 Å². The molecule has 2 N–H and O–H groups in total. The molecule has 0 atom stereocenters. The fourth-order valence-corrected chi connectivity index (χ4v) is 2.62. The molecule has 30 heavy (non-hydrogen) atoms. The highest BCUT2D eigenvalue weighted by Crippen LogP contribution is 2.18. The van der Waals surface area contributed by atoms with E-state index in [4.69, 9.17) is 20.9 Å². The van der Waals surface area contributed by atoms with Gasteiger partial charge in [0, 0.05) is 23.7 Å². The molecule has 0 unspecified atom stereocenters. The van der Waals surface area contributed by atoms with Crippen LogP contribution in [-0.2, 0) is 4.79 Å². The van der Waals surface area contributed by atoms with Crippen LogP contribution in [-0.4, -0.2) is 41.7 Å². The highest BCUT2D eigenvalue weighted by atomic mass is 35.5. The minimum atomic E-state index is -0.525. The Morgan fingerprint density at radius 2 is 1.77 bits per heavy atom. The second kappa shape index (κ2) is 9.89. The Labute approximate surface area is 178 Å². The third-order valence-corrected chi connectivity index (χ3v) is 4.56. The Bertz CT molecular complexity index is 1030. The number of aromatic nitrogens is 2. The smallest absolute Gasteiger partial charge is 0.316 e. The maximum Gasteiger partial charge on any atom is 0.316 e. The Kier molecular flexibility index (Phi) is 7.03. The molecule has 2 amide bonds. The first-order chi connectivity index (χ1) is 14.4. The molecule has 0 aliphatic heterocycles. The van der Waals surface area contributed by atoms with Gasteiger partial charge in [-0.25, -0.2) is 0 Å². The Morgan fingerprint density at radius 3 is 2.50 bits per heavy atom. The predicted molar refractivity (Wildman–Crippen MR) is 111 cm³/mol. The highest BCUT2D eigenvalue weighted by molar-refractivity contribution is 6.30. The summed E-state index contributed by atoms with van der Waals surface area (Å²) in [7, 11) is 0. The van der Waals surface area contributed by atoms with Crippen molar-refractivity contribution in [1.29, 1.82) is 0 Å². The van der Waals surface area contributed by atoms with Crippen LogP contribution in [0.1, 0.15) is 21.8 Å². The van der Waals surface area contributed by atoms with Crippen LogP contribution >= 0.6 is 11.6 Å². The Balaban J connectivity index is 1.38. The van der Waals surface area contributed by atoms with E-state index in [0.29, 0.717) is 16.3 Å². The van der Waals surface area contributed by atoms with Crippen LogP contribution in [0.5, 0.6) is 5.75 Å². The van der Waals surface area contributed by atoms with Gasteiger partial charge >= 0.3 is 11.8 Å². The SMILES string of the molecule is Cc1ccc(OCC(=O)NCCNC(=O)c2nc(-c3ccc(Cl)cc3)no2)cc1C. The average Bonchev–Trinajstić information content (AvgIpc) is 3.23. The summed E-state index contributed by atoms with van der Waals surface area (Å²) in [6, 6.07) is 12.5. The number of aryl methyl sites for hydroxylation is 2. The van der Waals surface area contributed by atoms with Crippen molar-refractivity contribution in [3.8, 4) is 17.1 Å². The van der Waals surface area contributed by atoms with Crippen LogP contribution in [0.25, 0.3) is 11.4 Å². The monoisotopic (exact) mass is 428 g/mol. The highest BCUT2D eigenvalue weighted by Gasteiger charge is 2.15. The van der Waals surface area contributed by atoms with Crippen molar-refractivity contribution in [2.45, 2.75) is 13.8 Å². The summed E-state index contributed by atoms with van der Waals surface area (Å²) in [5.41, 5.74) is 2.93. The first-order valence-corrected chi connectivity index (χ1v) is 9.65. The number of rotatable bonds is 8. The second-order valence-electron chi connectivity index (χ2n) is 6.57. The van der Waals surface area contributed by atoms with Crippen LogP contribution in [0.4, 0.5) is 0 Å². The third kappa shape index (κ3) is 5.81. The molecule has 0 aliphatic carbocycles. The van der Waals surface area contributed by atoms with Crippen LogP contribution in [0, 0.1) is 13.8 Å². The third-order valence-electron chi connectivity index (χ3n) is 4.30. The first kappa shape index (κ1) is 21.3. The molecule has 2 aromatic carbocycles. The van der Waals surface area contributed by atoms with Crippen molar-refractivity contribution < 1.29 is 18.8 Å². The standard InChI is InChI=1S/C21H21ClN4O4/c1-13-3-8-17(11-14(13)2)29-12-18(27)23-9-10-24-20(28)21-25-19(26-30-21)15-4-6-16(22)7-5-15/h3-8,11H,9-10,12H2,1-2H3,(H,23,27)(H,24,28). The minimum Gasteiger partial charge on any atom is -0.484 e. The van der Waals surface area contributed by atoms with Crippen LogP contribution in [0.15, 0.2) is 47.0 Å². The minimum absolute atomic E-state index is 0.107. The topological polar surface area (TPSA) is 106 Å². The molecule has 0 bridgehead atoms. The van der Waals surface area contributed by atoms with Gasteiger partial charge in [-0.15, -0.1) is 0 Å². The van der Waals surface area contributed by atoms with E-state index in [2.05, 4.69) is 20.8 Å². The van der Waals surface area contributed by atoms with Gasteiger partial charge in [0.2, 0.25) is 5.82 Å². The number of ether oxygens (including phenoxy) is 1. The van der Waals surface area contributed by atoms with Crippen LogP contribution in [0.2, 0.25) is 5.02 Å². The molecular weight excluding hydrogens is 408 g/mol. The van der Waals surface area contributed by atoms with E-state index in [1.54, 1.807) is 24.3 Å². The van der Waals surface area contributed by atoms with Gasteiger partial charge in [-0.05, 0) is 61.4 Å². The molecule has 8 nitrogen and oxygen atoms in total. The molecule has 0 saturated heterocycles. The second-order valence-corrected chi connectivity index (χ2v) is 7.01. The molecule has 3 aromatic rings. The zero-order chi connectivity index (χ0) is 21.5. The van der Waals surface area contributed by atoms with Crippen molar-refractivity contribution in [1.82, 2.24) is 20.8 Å². The fraction of sp³-hybridized carbons (Fsp3) is 0.238. The maximum absolute atomic E-state index is 12.1. The van der Waals surface area contributed by atoms with Gasteiger partial charge in [-0.2, -0.15) is 4.98 Å². The molecule has 0 saturated carbocycles.